The Morgan fingerprint density at radius 2 is 1.88 bits per heavy atom. The van der Waals surface area contributed by atoms with E-state index in [0.717, 1.165) is 26.9 Å². The molecular formula is C26H25ClN2O3S. The Kier molecular flexibility index (Phi) is 6.86. The van der Waals surface area contributed by atoms with Gasteiger partial charge >= 0.3 is 5.97 Å². The Balaban J connectivity index is 1.60. The predicted molar refractivity (Wildman–Crippen MR) is 133 cm³/mol. The Morgan fingerprint density at radius 1 is 1.12 bits per heavy atom. The average Bonchev–Trinajstić information content (AvgIpc) is 3.43. The monoisotopic (exact) mass is 480 g/mol. The van der Waals surface area contributed by atoms with E-state index >= 15 is 0 Å². The number of amides is 1. The van der Waals surface area contributed by atoms with E-state index in [9.17, 15) is 9.59 Å². The van der Waals surface area contributed by atoms with Crippen molar-refractivity contribution in [2.45, 2.75) is 33.4 Å². The number of rotatable bonds is 7. The fourth-order valence-electron chi connectivity index (χ4n) is 3.83. The number of carbonyl (C=O) groups excluding carboxylic acids is 2. The van der Waals surface area contributed by atoms with Crippen LogP contribution in [0, 0.1) is 6.92 Å². The fourth-order valence-corrected chi connectivity index (χ4v) is 4.86. The van der Waals surface area contributed by atoms with Crippen LogP contribution in [0.3, 0.4) is 0 Å². The number of thiophene rings is 1. The van der Waals surface area contributed by atoms with Gasteiger partial charge in [-0.3, -0.25) is 4.79 Å². The summed E-state index contributed by atoms with van der Waals surface area (Å²) in [5.74, 6) is -0.494. The van der Waals surface area contributed by atoms with Crippen LogP contribution in [0.4, 0.5) is 0 Å². The fraction of sp³-hybridized carbons (Fsp3) is 0.231. The Morgan fingerprint density at radius 3 is 2.61 bits per heavy atom. The second-order valence-corrected chi connectivity index (χ2v) is 9.49. The van der Waals surface area contributed by atoms with Crippen LogP contribution >= 0.6 is 22.9 Å². The average molecular weight is 481 g/mol. The molecule has 0 bridgehead atoms. The number of aromatic nitrogens is 1. The first-order valence-corrected chi connectivity index (χ1v) is 12.0. The van der Waals surface area contributed by atoms with Crippen molar-refractivity contribution in [1.82, 2.24) is 9.88 Å². The predicted octanol–water partition coefficient (Wildman–Crippen LogP) is 6.38. The molecule has 2 heterocycles. The van der Waals surface area contributed by atoms with Gasteiger partial charge in [-0.1, -0.05) is 23.7 Å². The van der Waals surface area contributed by atoms with Crippen molar-refractivity contribution >= 4 is 45.7 Å². The molecule has 2 aromatic heterocycles. The molecule has 1 unspecified atom stereocenters. The number of fused-ring (bicyclic) bond motifs is 1. The number of nitrogens with zero attached hydrogens (tertiary/aromatic N) is 1. The molecule has 0 spiro atoms. The molecule has 0 aliphatic heterocycles. The lowest BCUT2D eigenvalue weighted by Crippen LogP contribution is -2.26. The zero-order valence-electron chi connectivity index (χ0n) is 18.7. The van der Waals surface area contributed by atoms with E-state index < -0.39 is 0 Å². The van der Waals surface area contributed by atoms with Crippen LogP contribution in [-0.4, -0.2) is 23.1 Å². The van der Waals surface area contributed by atoms with E-state index in [-0.39, 0.29) is 17.9 Å². The summed E-state index contributed by atoms with van der Waals surface area (Å²) in [5.41, 5.74) is 3.63. The van der Waals surface area contributed by atoms with Crippen LogP contribution in [0.2, 0.25) is 5.02 Å². The number of esters is 1. The minimum absolute atomic E-state index is 0.154. The van der Waals surface area contributed by atoms with Crippen molar-refractivity contribution in [3.05, 3.63) is 92.3 Å². The van der Waals surface area contributed by atoms with E-state index in [1.54, 1.807) is 13.0 Å². The van der Waals surface area contributed by atoms with Gasteiger partial charge in [0.2, 0.25) is 0 Å². The molecule has 0 radical (unpaired) electrons. The van der Waals surface area contributed by atoms with Crippen molar-refractivity contribution < 1.29 is 14.3 Å². The maximum absolute atomic E-state index is 13.4. The first kappa shape index (κ1) is 23.1. The van der Waals surface area contributed by atoms with Crippen molar-refractivity contribution in [3.63, 3.8) is 0 Å². The van der Waals surface area contributed by atoms with Gasteiger partial charge in [0.05, 0.1) is 23.7 Å². The number of ether oxygens (including phenoxy) is 1. The molecule has 0 aliphatic carbocycles. The lowest BCUT2D eigenvalue weighted by atomic mass is 10.1. The van der Waals surface area contributed by atoms with E-state index in [1.807, 2.05) is 62.5 Å². The molecule has 4 rings (SSSR count). The Labute approximate surface area is 201 Å². The molecule has 0 fully saturated rings. The summed E-state index contributed by atoms with van der Waals surface area (Å²) in [7, 11) is 0. The zero-order chi connectivity index (χ0) is 23.5. The minimum atomic E-state index is -0.340. The third-order valence-electron chi connectivity index (χ3n) is 5.39. The van der Waals surface area contributed by atoms with Crippen LogP contribution in [0.5, 0.6) is 0 Å². The van der Waals surface area contributed by atoms with Gasteiger partial charge < -0.3 is 14.6 Å². The summed E-state index contributed by atoms with van der Waals surface area (Å²) >= 11 is 7.36. The van der Waals surface area contributed by atoms with Gasteiger partial charge in [0, 0.05) is 28.0 Å². The number of benzene rings is 2. The van der Waals surface area contributed by atoms with Gasteiger partial charge in [0.15, 0.2) is 0 Å². The molecule has 1 N–H and O–H groups in total. The van der Waals surface area contributed by atoms with Crippen molar-refractivity contribution in [2.75, 3.05) is 6.61 Å². The summed E-state index contributed by atoms with van der Waals surface area (Å²) < 4.78 is 7.15. The number of hydrogen-bond acceptors (Lipinski definition) is 4. The third kappa shape index (κ3) is 5.13. The molecule has 7 heteroatoms. The maximum Gasteiger partial charge on any atom is 0.348 e. The molecule has 33 heavy (non-hydrogen) atoms. The number of nitrogens with one attached hydrogen (secondary N) is 1. The van der Waals surface area contributed by atoms with Crippen molar-refractivity contribution in [1.29, 1.82) is 0 Å². The van der Waals surface area contributed by atoms with Gasteiger partial charge in [-0.25, -0.2) is 4.79 Å². The largest absolute Gasteiger partial charge is 0.462 e. The Bertz CT molecular complexity index is 1310. The summed E-state index contributed by atoms with van der Waals surface area (Å²) in [5, 5.41) is 4.80. The number of carbonyl (C=O) groups is 2. The number of hydrogen-bond donors (Lipinski definition) is 1. The molecule has 0 saturated heterocycles. The smallest absolute Gasteiger partial charge is 0.348 e. The van der Waals surface area contributed by atoms with Crippen LogP contribution < -0.4 is 5.32 Å². The number of aryl methyl sites for hydroxylation is 1. The molecular weight excluding hydrogens is 456 g/mol. The lowest BCUT2D eigenvalue weighted by molar-refractivity contribution is 0.0532. The lowest BCUT2D eigenvalue weighted by Gasteiger charge is -2.15. The molecule has 2 aromatic carbocycles. The highest BCUT2D eigenvalue weighted by Crippen LogP contribution is 2.27. The van der Waals surface area contributed by atoms with Gasteiger partial charge in [0.1, 0.15) is 4.88 Å². The van der Waals surface area contributed by atoms with Gasteiger partial charge in [-0.05, 0) is 74.4 Å². The van der Waals surface area contributed by atoms with E-state index in [2.05, 4.69) is 16.0 Å². The third-order valence-corrected chi connectivity index (χ3v) is 6.89. The molecule has 170 valence electrons. The van der Waals surface area contributed by atoms with Gasteiger partial charge in [-0.15, -0.1) is 11.3 Å². The molecule has 1 amide bonds. The van der Waals surface area contributed by atoms with Crippen LogP contribution in [-0.2, 0) is 11.3 Å². The summed E-state index contributed by atoms with van der Waals surface area (Å²) in [6.07, 6.45) is 2.00. The number of halogens is 1. The first-order chi connectivity index (χ1) is 15.9. The highest BCUT2D eigenvalue weighted by molar-refractivity contribution is 7.14. The highest BCUT2D eigenvalue weighted by atomic mass is 35.5. The standard InChI is InChI=1S/C26H25ClN2O3S/c1-4-32-26(31)23-10-9-22(33-23)17(3)28-25(30)21-14-16(2)13-19-11-12-29(24(19)21)15-18-5-7-20(27)8-6-18/h5-14,17H,4,15H2,1-3H3,(H,28,30). The van der Waals surface area contributed by atoms with Gasteiger partial charge in [-0.2, -0.15) is 0 Å². The highest BCUT2D eigenvalue weighted by Gasteiger charge is 2.19. The van der Waals surface area contributed by atoms with E-state index in [1.165, 1.54) is 11.3 Å². The van der Waals surface area contributed by atoms with Crippen LogP contribution in [0.1, 0.15) is 55.9 Å². The molecule has 0 saturated carbocycles. The molecule has 1 atom stereocenters. The van der Waals surface area contributed by atoms with Crippen molar-refractivity contribution in [2.24, 2.45) is 0 Å². The van der Waals surface area contributed by atoms with Crippen LogP contribution in [0.15, 0.2) is 60.8 Å². The van der Waals surface area contributed by atoms with E-state index in [4.69, 9.17) is 16.3 Å². The normalized spacial score (nSPS) is 12.0. The molecule has 0 aliphatic rings. The molecule has 5 nitrogen and oxygen atoms in total. The topological polar surface area (TPSA) is 60.3 Å². The zero-order valence-corrected chi connectivity index (χ0v) is 20.3. The SMILES string of the molecule is CCOC(=O)c1ccc(C(C)NC(=O)c2cc(C)cc3ccn(Cc4ccc(Cl)cc4)c23)s1. The Hall–Kier alpha value is -3.09. The maximum atomic E-state index is 13.4. The second-order valence-electron chi connectivity index (χ2n) is 7.94. The summed E-state index contributed by atoms with van der Waals surface area (Å²) in [4.78, 5) is 26.8. The van der Waals surface area contributed by atoms with E-state index in [0.29, 0.717) is 28.6 Å². The van der Waals surface area contributed by atoms with Gasteiger partial charge in [0.25, 0.3) is 5.91 Å². The minimum Gasteiger partial charge on any atom is -0.462 e. The molecule has 4 aromatic rings. The van der Waals surface area contributed by atoms with Crippen LogP contribution in [0.25, 0.3) is 10.9 Å². The quantitative estimate of drug-likeness (QED) is 0.312. The first-order valence-electron chi connectivity index (χ1n) is 10.8. The second kappa shape index (κ2) is 9.81. The summed E-state index contributed by atoms with van der Waals surface area (Å²) in [6.45, 7) is 6.64. The van der Waals surface area contributed by atoms with Crippen molar-refractivity contribution in [3.8, 4) is 0 Å². The summed E-state index contributed by atoms with van der Waals surface area (Å²) in [6, 6.07) is 17.1.